The molecule has 0 saturated carbocycles. The first-order valence-corrected chi connectivity index (χ1v) is 6.64. The molecule has 2 nitrogen and oxygen atoms in total. The van der Waals surface area contributed by atoms with Gasteiger partial charge in [0, 0.05) is 25.2 Å². The molecule has 1 fully saturated rings. The lowest BCUT2D eigenvalue weighted by atomic mass is 10.1. The predicted octanol–water partition coefficient (Wildman–Crippen LogP) is 2.49. The van der Waals surface area contributed by atoms with Crippen LogP contribution in [0.15, 0.2) is 0 Å². The molecular formula is C13H28N2. The maximum absolute atomic E-state index is 3.60. The number of hydrogen-bond donors (Lipinski definition) is 1. The van der Waals surface area contributed by atoms with E-state index in [2.05, 4.69) is 37.9 Å². The fourth-order valence-corrected chi connectivity index (χ4v) is 2.82. The zero-order valence-electron chi connectivity index (χ0n) is 10.9. The van der Waals surface area contributed by atoms with Crippen molar-refractivity contribution in [1.82, 2.24) is 10.2 Å². The topological polar surface area (TPSA) is 15.3 Å². The summed E-state index contributed by atoms with van der Waals surface area (Å²) in [6.45, 7) is 12.9. The number of likely N-dealkylation sites (tertiary alicyclic amines) is 1. The lowest BCUT2D eigenvalue weighted by molar-refractivity contribution is 0.228. The normalized spacial score (nSPS) is 29.6. The van der Waals surface area contributed by atoms with E-state index in [9.17, 15) is 0 Å². The van der Waals surface area contributed by atoms with Crippen LogP contribution in [0.4, 0.5) is 0 Å². The number of hydrogen-bond acceptors (Lipinski definition) is 2. The zero-order valence-corrected chi connectivity index (χ0v) is 10.9. The van der Waals surface area contributed by atoms with Gasteiger partial charge in [0.25, 0.3) is 0 Å². The van der Waals surface area contributed by atoms with Gasteiger partial charge in [-0.1, -0.05) is 27.2 Å². The van der Waals surface area contributed by atoms with Gasteiger partial charge < -0.3 is 5.32 Å². The molecule has 1 aliphatic heterocycles. The SMILES string of the molecule is CCCC(CN1CC(C)CC1C)NCC. The van der Waals surface area contributed by atoms with Crippen molar-refractivity contribution < 1.29 is 0 Å². The average molecular weight is 212 g/mol. The minimum Gasteiger partial charge on any atom is -0.313 e. The molecule has 1 heterocycles. The second-order valence-corrected chi connectivity index (χ2v) is 5.19. The van der Waals surface area contributed by atoms with Crippen LogP contribution in [0.2, 0.25) is 0 Å². The molecule has 3 unspecified atom stereocenters. The Hall–Kier alpha value is -0.0800. The molecule has 1 saturated heterocycles. The van der Waals surface area contributed by atoms with Crippen LogP contribution in [0.1, 0.15) is 47.0 Å². The Labute approximate surface area is 95.4 Å². The lowest BCUT2D eigenvalue weighted by Gasteiger charge is -2.27. The van der Waals surface area contributed by atoms with E-state index in [0.29, 0.717) is 6.04 Å². The van der Waals surface area contributed by atoms with Crippen molar-refractivity contribution in [3.05, 3.63) is 0 Å². The number of nitrogens with zero attached hydrogens (tertiary/aromatic N) is 1. The fourth-order valence-electron chi connectivity index (χ4n) is 2.82. The van der Waals surface area contributed by atoms with Gasteiger partial charge >= 0.3 is 0 Å². The highest BCUT2D eigenvalue weighted by Crippen LogP contribution is 2.22. The minimum absolute atomic E-state index is 0.702. The first kappa shape index (κ1) is 13.0. The van der Waals surface area contributed by atoms with Crippen molar-refractivity contribution in [2.24, 2.45) is 5.92 Å². The van der Waals surface area contributed by atoms with Gasteiger partial charge in [-0.2, -0.15) is 0 Å². The highest BCUT2D eigenvalue weighted by atomic mass is 15.2. The molecule has 1 aliphatic rings. The van der Waals surface area contributed by atoms with Crippen molar-refractivity contribution in [3.63, 3.8) is 0 Å². The number of rotatable bonds is 6. The van der Waals surface area contributed by atoms with Gasteiger partial charge in [0.1, 0.15) is 0 Å². The summed E-state index contributed by atoms with van der Waals surface area (Å²) in [7, 11) is 0. The maximum atomic E-state index is 3.60. The molecule has 0 bridgehead atoms. The van der Waals surface area contributed by atoms with Gasteiger partial charge in [0.15, 0.2) is 0 Å². The molecular weight excluding hydrogens is 184 g/mol. The summed E-state index contributed by atoms with van der Waals surface area (Å²) in [5.74, 6) is 0.893. The monoisotopic (exact) mass is 212 g/mol. The minimum atomic E-state index is 0.702. The molecule has 15 heavy (non-hydrogen) atoms. The third kappa shape index (κ3) is 4.12. The smallest absolute Gasteiger partial charge is 0.0194 e. The Kier molecular flexibility index (Phi) is 5.62. The Bertz CT molecular complexity index is 164. The molecule has 1 rings (SSSR count). The van der Waals surface area contributed by atoms with Crippen LogP contribution in [0.25, 0.3) is 0 Å². The molecule has 1 N–H and O–H groups in total. The Balaban J connectivity index is 2.36. The van der Waals surface area contributed by atoms with E-state index in [1.807, 2.05) is 0 Å². The average Bonchev–Trinajstić information content (AvgIpc) is 2.46. The summed E-state index contributed by atoms with van der Waals surface area (Å²) >= 11 is 0. The van der Waals surface area contributed by atoms with Crippen molar-refractivity contribution in [3.8, 4) is 0 Å². The van der Waals surface area contributed by atoms with Crippen LogP contribution >= 0.6 is 0 Å². The Morgan fingerprint density at radius 1 is 1.33 bits per heavy atom. The van der Waals surface area contributed by atoms with E-state index >= 15 is 0 Å². The van der Waals surface area contributed by atoms with E-state index in [0.717, 1.165) is 18.5 Å². The first-order chi connectivity index (χ1) is 7.17. The van der Waals surface area contributed by atoms with Crippen LogP contribution in [0.3, 0.4) is 0 Å². The van der Waals surface area contributed by atoms with E-state index in [-0.39, 0.29) is 0 Å². The van der Waals surface area contributed by atoms with Crippen LogP contribution in [-0.4, -0.2) is 36.6 Å². The maximum Gasteiger partial charge on any atom is 0.0194 e. The lowest BCUT2D eigenvalue weighted by Crippen LogP contribution is -2.42. The predicted molar refractivity (Wildman–Crippen MR) is 67.2 cm³/mol. The molecule has 0 aliphatic carbocycles. The molecule has 2 heteroatoms. The van der Waals surface area contributed by atoms with Gasteiger partial charge in [0.05, 0.1) is 0 Å². The van der Waals surface area contributed by atoms with E-state index in [1.54, 1.807) is 0 Å². The van der Waals surface area contributed by atoms with E-state index in [4.69, 9.17) is 0 Å². The zero-order chi connectivity index (χ0) is 11.3. The van der Waals surface area contributed by atoms with E-state index < -0.39 is 0 Å². The van der Waals surface area contributed by atoms with Crippen LogP contribution in [0.5, 0.6) is 0 Å². The van der Waals surface area contributed by atoms with Crippen molar-refractivity contribution in [2.75, 3.05) is 19.6 Å². The first-order valence-electron chi connectivity index (χ1n) is 6.64. The van der Waals surface area contributed by atoms with Crippen LogP contribution < -0.4 is 5.32 Å². The van der Waals surface area contributed by atoms with Crippen molar-refractivity contribution >= 4 is 0 Å². The quantitative estimate of drug-likeness (QED) is 0.728. The van der Waals surface area contributed by atoms with E-state index in [1.165, 1.54) is 32.4 Å². The third-order valence-corrected chi connectivity index (χ3v) is 3.50. The van der Waals surface area contributed by atoms with Gasteiger partial charge in [-0.15, -0.1) is 0 Å². The molecule has 0 spiro atoms. The highest BCUT2D eigenvalue weighted by molar-refractivity contribution is 4.83. The summed E-state index contributed by atoms with van der Waals surface area (Å²) < 4.78 is 0. The second-order valence-electron chi connectivity index (χ2n) is 5.19. The fraction of sp³-hybridized carbons (Fsp3) is 1.00. The molecule has 0 aromatic heterocycles. The second kappa shape index (κ2) is 6.49. The third-order valence-electron chi connectivity index (χ3n) is 3.50. The summed E-state index contributed by atoms with van der Waals surface area (Å²) in [6, 6.07) is 1.49. The summed E-state index contributed by atoms with van der Waals surface area (Å²) in [6.07, 6.45) is 3.98. The summed E-state index contributed by atoms with van der Waals surface area (Å²) in [4.78, 5) is 2.66. The Morgan fingerprint density at radius 2 is 2.07 bits per heavy atom. The summed E-state index contributed by atoms with van der Waals surface area (Å²) in [5.41, 5.74) is 0. The summed E-state index contributed by atoms with van der Waals surface area (Å²) in [5, 5.41) is 3.60. The highest BCUT2D eigenvalue weighted by Gasteiger charge is 2.27. The molecule has 0 aromatic rings. The largest absolute Gasteiger partial charge is 0.313 e. The number of nitrogens with one attached hydrogen (secondary N) is 1. The van der Waals surface area contributed by atoms with Gasteiger partial charge in [-0.25, -0.2) is 0 Å². The van der Waals surface area contributed by atoms with Crippen LogP contribution in [0, 0.1) is 5.92 Å². The van der Waals surface area contributed by atoms with Gasteiger partial charge in [-0.3, -0.25) is 4.90 Å². The standard InChI is InChI=1S/C13H28N2/c1-5-7-13(14-6-2)10-15-9-11(3)8-12(15)4/h11-14H,5-10H2,1-4H3. The molecule has 0 amide bonds. The van der Waals surface area contributed by atoms with Gasteiger partial charge in [-0.05, 0) is 32.2 Å². The van der Waals surface area contributed by atoms with Crippen molar-refractivity contribution in [2.45, 2.75) is 59.0 Å². The Morgan fingerprint density at radius 3 is 2.53 bits per heavy atom. The number of likely N-dealkylation sites (N-methyl/N-ethyl adjacent to an activating group) is 1. The molecule has 90 valence electrons. The molecule has 0 radical (unpaired) electrons. The van der Waals surface area contributed by atoms with Gasteiger partial charge in [0.2, 0.25) is 0 Å². The molecule has 3 atom stereocenters. The van der Waals surface area contributed by atoms with Crippen molar-refractivity contribution in [1.29, 1.82) is 0 Å². The van der Waals surface area contributed by atoms with Crippen LogP contribution in [-0.2, 0) is 0 Å². The molecule has 0 aromatic carbocycles.